The zero-order valence-corrected chi connectivity index (χ0v) is 11.0. The number of nitrogens with one attached hydrogen (secondary N) is 1. The molecule has 0 radical (unpaired) electrons. The Balaban J connectivity index is 3.14. The van der Waals surface area contributed by atoms with Gasteiger partial charge in [-0.2, -0.15) is 4.98 Å². The lowest BCUT2D eigenvalue weighted by molar-refractivity contribution is -0.384. The first-order chi connectivity index (χ1) is 8.24. The minimum absolute atomic E-state index is 0.0100. The highest BCUT2D eigenvalue weighted by Crippen LogP contribution is 2.27. The number of nitrogens with two attached hydrogens (primary N) is 1. The van der Waals surface area contributed by atoms with Crippen LogP contribution in [0.3, 0.4) is 0 Å². The zero-order valence-electron chi connectivity index (χ0n) is 11.0. The van der Waals surface area contributed by atoms with Crippen molar-refractivity contribution < 1.29 is 4.92 Å². The number of nitro groups is 1. The molecule has 1 rings (SSSR count). The van der Waals surface area contributed by atoms with Crippen molar-refractivity contribution in [3.05, 3.63) is 16.3 Å². The second kappa shape index (κ2) is 5.13. The molecule has 0 atom stereocenters. The van der Waals surface area contributed by atoms with Crippen LogP contribution in [0.5, 0.6) is 0 Å². The molecule has 0 bridgehead atoms. The molecule has 0 aliphatic rings. The summed E-state index contributed by atoms with van der Waals surface area (Å²) in [5.74, 6) is 5.61. The average Bonchev–Trinajstić information content (AvgIpc) is 2.25. The highest BCUT2D eigenvalue weighted by Gasteiger charge is 2.23. The van der Waals surface area contributed by atoms with Gasteiger partial charge in [-0.3, -0.25) is 15.5 Å². The van der Waals surface area contributed by atoms with Crippen LogP contribution in [0.25, 0.3) is 0 Å². The van der Waals surface area contributed by atoms with E-state index >= 15 is 0 Å². The van der Waals surface area contributed by atoms with Gasteiger partial charge in [0.2, 0.25) is 11.8 Å². The van der Waals surface area contributed by atoms with E-state index in [1.165, 1.54) is 0 Å². The summed E-state index contributed by atoms with van der Waals surface area (Å²) in [6.45, 7) is 6.74. The molecule has 8 nitrogen and oxygen atoms in total. The molecule has 3 N–H and O–H groups in total. The number of nitrogen functional groups attached to an aromatic ring is 1. The molecule has 1 aromatic rings. The van der Waals surface area contributed by atoms with Crippen LogP contribution in [0, 0.1) is 15.5 Å². The van der Waals surface area contributed by atoms with E-state index in [1.54, 1.807) is 11.9 Å². The van der Waals surface area contributed by atoms with Gasteiger partial charge < -0.3 is 4.90 Å². The van der Waals surface area contributed by atoms with Crippen LogP contribution in [-0.4, -0.2) is 28.5 Å². The van der Waals surface area contributed by atoms with Crippen LogP contribution in [0.2, 0.25) is 0 Å². The number of rotatable bonds is 4. The van der Waals surface area contributed by atoms with Crippen LogP contribution in [-0.2, 0) is 0 Å². The van der Waals surface area contributed by atoms with Crippen LogP contribution >= 0.6 is 0 Å². The normalized spacial score (nSPS) is 11.2. The molecule has 8 heteroatoms. The molecule has 100 valence electrons. The maximum Gasteiger partial charge on any atom is 0.329 e. The maximum absolute atomic E-state index is 10.9. The third-order valence-electron chi connectivity index (χ3n) is 2.15. The van der Waals surface area contributed by atoms with Gasteiger partial charge in [0.15, 0.2) is 0 Å². The molecule has 0 fully saturated rings. The Morgan fingerprint density at radius 1 is 1.56 bits per heavy atom. The lowest BCUT2D eigenvalue weighted by Crippen LogP contribution is -2.30. The SMILES string of the molecule is CN(CC(C)(C)C)c1nc(NN)ncc1[N+](=O)[O-]. The number of hydrogen-bond acceptors (Lipinski definition) is 7. The van der Waals surface area contributed by atoms with Crippen molar-refractivity contribution >= 4 is 17.5 Å². The van der Waals surface area contributed by atoms with Gasteiger partial charge in [0.25, 0.3) is 0 Å². The van der Waals surface area contributed by atoms with Crippen LogP contribution in [0.1, 0.15) is 20.8 Å². The fourth-order valence-electron chi connectivity index (χ4n) is 1.63. The fraction of sp³-hybridized carbons (Fsp3) is 0.600. The number of anilines is 2. The topological polar surface area (TPSA) is 110 Å². The lowest BCUT2D eigenvalue weighted by Gasteiger charge is -2.27. The van der Waals surface area contributed by atoms with Crippen molar-refractivity contribution in [3.63, 3.8) is 0 Å². The standard InChI is InChI=1S/C10H18N6O2/c1-10(2,3)6-15(4)8-7(16(17)18)5-12-9(13-8)14-11/h5H,6,11H2,1-4H3,(H,12,13,14). The van der Waals surface area contributed by atoms with Gasteiger partial charge in [0.1, 0.15) is 6.20 Å². The van der Waals surface area contributed by atoms with Crippen LogP contribution < -0.4 is 16.2 Å². The molecule has 0 aliphatic carbocycles. The van der Waals surface area contributed by atoms with Crippen molar-refractivity contribution in [2.45, 2.75) is 20.8 Å². The molecular weight excluding hydrogens is 236 g/mol. The fourth-order valence-corrected chi connectivity index (χ4v) is 1.63. The zero-order chi connectivity index (χ0) is 13.9. The van der Waals surface area contributed by atoms with Gasteiger partial charge in [0, 0.05) is 13.6 Å². The summed E-state index contributed by atoms with van der Waals surface area (Å²) < 4.78 is 0. The Morgan fingerprint density at radius 3 is 2.61 bits per heavy atom. The number of hydrogen-bond donors (Lipinski definition) is 2. The molecular formula is C10H18N6O2. The van der Waals surface area contributed by atoms with E-state index in [4.69, 9.17) is 5.84 Å². The predicted octanol–water partition coefficient (Wildman–Crippen LogP) is 1.15. The highest BCUT2D eigenvalue weighted by molar-refractivity contribution is 5.58. The number of aromatic nitrogens is 2. The Bertz CT molecular complexity index is 442. The Morgan fingerprint density at radius 2 is 2.17 bits per heavy atom. The molecule has 0 spiro atoms. The minimum Gasteiger partial charge on any atom is -0.353 e. The van der Waals surface area contributed by atoms with Crippen molar-refractivity contribution in [1.29, 1.82) is 0 Å². The van der Waals surface area contributed by atoms with E-state index in [9.17, 15) is 10.1 Å². The summed E-state index contributed by atoms with van der Waals surface area (Å²) in [7, 11) is 1.75. The lowest BCUT2D eigenvalue weighted by atomic mass is 9.96. The molecule has 1 aromatic heterocycles. The van der Waals surface area contributed by atoms with Gasteiger partial charge in [-0.15, -0.1) is 0 Å². The summed E-state index contributed by atoms with van der Waals surface area (Å²) in [6.07, 6.45) is 1.15. The third-order valence-corrected chi connectivity index (χ3v) is 2.15. The van der Waals surface area contributed by atoms with E-state index in [1.807, 2.05) is 20.8 Å². The molecule has 0 aliphatic heterocycles. The van der Waals surface area contributed by atoms with Crippen LogP contribution in [0.15, 0.2) is 6.20 Å². The van der Waals surface area contributed by atoms with E-state index in [-0.39, 0.29) is 22.9 Å². The van der Waals surface area contributed by atoms with Crippen molar-refractivity contribution in [2.75, 3.05) is 23.9 Å². The van der Waals surface area contributed by atoms with Crippen molar-refractivity contribution in [3.8, 4) is 0 Å². The Labute approximate surface area is 105 Å². The van der Waals surface area contributed by atoms with Crippen molar-refractivity contribution in [2.24, 2.45) is 11.3 Å². The molecule has 0 amide bonds. The first kappa shape index (κ1) is 14.1. The van der Waals surface area contributed by atoms with Gasteiger partial charge in [0.05, 0.1) is 4.92 Å². The largest absolute Gasteiger partial charge is 0.353 e. The summed E-state index contributed by atoms with van der Waals surface area (Å²) in [5, 5.41) is 10.9. The van der Waals surface area contributed by atoms with Gasteiger partial charge >= 0.3 is 5.69 Å². The minimum atomic E-state index is -0.505. The van der Waals surface area contributed by atoms with E-state index < -0.39 is 4.92 Å². The maximum atomic E-state index is 10.9. The van der Waals surface area contributed by atoms with Gasteiger partial charge in [-0.05, 0) is 5.41 Å². The first-order valence-electron chi connectivity index (χ1n) is 5.44. The molecule has 0 saturated carbocycles. The second-order valence-electron chi connectivity index (χ2n) is 5.22. The first-order valence-corrected chi connectivity index (χ1v) is 5.44. The van der Waals surface area contributed by atoms with Gasteiger partial charge in [-0.1, -0.05) is 20.8 Å². The van der Waals surface area contributed by atoms with Crippen LogP contribution in [0.4, 0.5) is 17.5 Å². The monoisotopic (exact) mass is 254 g/mol. The smallest absolute Gasteiger partial charge is 0.329 e. The second-order valence-corrected chi connectivity index (χ2v) is 5.22. The van der Waals surface area contributed by atoms with Crippen molar-refractivity contribution in [1.82, 2.24) is 9.97 Å². The summed E-state index contributed by atoms with van der Waals surface area (Å²) in [4.78, 5) is 19.9. The average molecular weight is 254 g/mol. The van der Waals surface area contributed by atoms with E-state index in [0.29, 0.717) is 6.54 Å². The Kier molecular flexibility index (Phi) is 4.02. The molecule has 1 heterocycles. The van der Waals surface area contributed by atoms with Gasteiger partial charge in [-0.25, -0.2) is 10.8 Å². The van der Waals surface area contributed by atoms with E-state index in [2.05, 4.69) is 15.4 Å². The Hall–Kier alpha value is -1.96. The molecule has 0 unspecified atom stereocenters. The summed E-state index contributed by atoms with van der Waals surface area (Å²) in [5.41, 5.74) is 2.13. The third kappa shape index (κ3) is 3.52. The molecule has 0 aromatic carbocycles. The molecule has 18 heavy (non-hydrogen) atoms. The molecule has 0 saturated heterocycles. The predicted molar refractivity (Wildman–Crippen MR) is 69.2 cm³/mol. The van der Waals surface area contributed by atoms with E-state index in [0.717, 1.165) is 6.20 Å². The quantitative estimate of drug-likeness (QED) is 0.471. The summed E-state index contributed by atoms with van der Waals surface area (Å²) in [6, 6.07) is 0. The number of nitrogens with zero attached hydrogens (tertiary/aromatic N) is 4. The highest BCUT2D eigenvalue weighted by atomic mass is 16.6. The summed E-state index contributed by atoms with van der Waals surface area (Å²) >= 11 is 0. The number of hydrazine groups is 1.